The summed E-state index contributed by atoms with van der Waals surface area (Å²) >= 11 is 0. The van der Waals surface area contributed by atoms with Gasteiger partial charge in [0, 0.05) is 18.9 Å². The molecule has 94 valence electrons. The number of carbonyl (C=O) groups excluding carboxylic acids is 1. The maximum Gasteiger partial charge on any atom is 0.234 e. The summed E-state index contributed by atoms with van der Waals surface area (Å²) in [7, 11) is 1.75. The van der Waals surface area contributed by atoms with Gasteiger partial charge in [-0.3, -0.25) is 4.79 Å². The number of hydrogen-bond donors (Lipinski definition) is 2. The minimum absolute atomic E-state index is 0.0206. The van der Waals surface area contributed by atoms with Gasteiger partial charge >= 0.3 is 0 Å². The highest BCUT2D eigenvalue weighted by Gasteiger charge is 2.05. The number of rotatable bonds is 5. The van der Waals surface area contributed by atoms with Crippen LogP contribution < -0.4 is 10.6 Å². The van der Waals surface area contributed by atoms with Crippen LogP contribution in [0.2, 0.25) is 0 Å². The minimum Gasteiger partial charge on any atom is -0.351 e. The summed E-state index contributed by atoms with van der Waals surface area (Å²) in [6, 6.07) is 9.74. The van der Waals surface area contributed by atoms with E-state index >= 15 is 0 Å². The SMILES string of the molecule is CNCC(=O)NCc1ccccc1-n1cccn1. The van der Waals surface area contributed by atoms with Crippen molar-refractivity contribution < 1.29 is 4.79 Å². The molecule has 5 nitrogen and oxygen atoms in total. The maximum absolute atomic E-state index is 11.4. The van der Waals surface area contributed by atoms with Gasteiger partial charge in [-0.05, 0) is 24.7 Å². The van der Waals surface area contributed by atoms with E-state index in [0.29, 0.717) is 13.1 Å². The predicted molar refractivity (Wildman–Crippen MR) is 69.3 cm³/mol. The maximum atomic E-state index is 11.4. The fourth-order valence-electron chi connectivity index (χ4n) is 1.71. The van der Waals surface area contributed by atoms with E-state index in [1.54, 1.807) is 17.9 Å². The number of nitrogens with one attached hydrogen (secondary N) is 2. The van der Waals surface area contributed by atoms with Crippen molar-refractivity contribution >= 4 is 5.91 Å². The van der Waals surface area contributed by atoms with Crippen molar-refractivity contribution in [2.45, 2.75) is 6.54 Å². The number of amides is 1. The first kappa shape index (κ1) is 12.3. The van der Waals surface area contributed by atoms with Crippen LogP contribution in [0.15, 0.2) is 42.7 Å². The van der Waals surface area contributed by atoms with Crippen LogP contribution in [-0.4, -0.2) is 29.3 Å². The Morgan fingerprint density at radius 2 is 2.17 bits per heavy atom. The first-order valence-electron chi connectivity index (χ1n) is 5.80. The monoisotopic (exact) mass is 244 g/mol. The Kier molecular flexibility index (Phi) is 4.09. The molecule has 1 aromatic heterocycles. The Labute approximate surface area is 106 Å². The molecule has 1 aromatic carbocycles. The highest BCUT2D eigenvalue weighted by atomic mass is 16.1. The quantitative estimate of drug-likeness (QED) is 0.814. The van der Waals surface area contributed by atoms with Gasteiger partial charge in [0.1, 0.15) is 0 Å². The van der Waals surface area contributed by atoms with Crippen molar-refractivity contribution in [2.24, 2.45) is 0 Å². The Morgan fingerprint density at radius 1 is 1.33 bits per heavy atom. The molecule has 0 aliphatic rings. The summed E-state index contributed by atoms with van der Waals surface area (Å²) in [5.41, 5.74) is 2.01. The number of aromatic nitrogens is 2. The van der Waals surface area contributed by atoms with Crippen LogP contribution in [0.25, 0.3) is 5.69 Å². The molecule has 1 heterocycles. The summed E-state index contributed by atoms with van der Waals surface area (Å²) in [6.45, 7) is 0.820. The van der Waals surface area contributed by atoms with Gasteiger partial charge in [-0.25, -0.2) is 4.68 Å². The second-order valence-electron chi connectivity index (χ2n) is 3.89. The summed E-state index contributed by atoms with van der Waals surface area (Å²) < 4.78 is 1.79. The van der Waals surface area contributed by atoms with E-state index in [9.17, 15) is 4.79 Å². The van der Waals surface area contributed by atoms with Crippen molar-refractivity contribution in [3.05, 3.63) is 48.3 Å². The average Bonchev–Trinajstić information content (AvgIpc) is 2.91. The third-order valence-electron chi connectivity index (χ3n) is 2.56. The average molecular weight is 244 g/mol. The fourth-order valence-corrected chi connectivity index (χ4v) is 1.71. The smallest absolute Gasteiger partial charge is 0.234 e. The van der Waals surface area contributed by atoms with E-state index in [0.717, 1.165) is 11.3 Å². The zero-order chi connectivity index (χ0) is 12.8. The number of benzene rings is 1. The Morgan fingerprint density at radius 3 is 2.89 bits per heavy atom. The standard InChI is InChI=1S/C13H16N4O/c1-14-10-13(18)15-9-11-5-2-3-6-12(11)17-8-4-7-16-17/h2-8,14H,9-10H2,1H3,(H,15,18). The summed E-state index contributed by atoms with van der Waals surface area (Å²) in [4.78, 5) is 11.4. The van der Waals surface area contributed by atoms with E-state index in [2.05, 4.69) is 15.7 Å². The number of likely N-dealkylation sites (N-methyl/N-ethyl adjacent to an activating group) is 1. The molecule has 0 radical (unpaired) electrons. The second kappa shape index (κ2) is 5.97. The molecule has 18 heavy (non-hydrogen) atoms. The van der Waals surface area contributed by atoms with E-state index in [1.165, 1.54) is 0 Å². The molecule has 0 aliphatic heterocycles. The highest BCUT2D eigenvalue weighted by molar-refractivity contribution is 5.78. The number of carbonyl (C=O) groups is 1. The van der Waals surface area contributed by atoms with Crippen LogP contribution in [0.1, 0.15) is 5.56 Å². The van der Waals surface area contributed by atoms with Crippen LogP contribution in [0, 0.1) is 0 Å². The zero-order valence-corrected chi connectivity index (χ0v) is 10.3. The Hall–Kier alpha value is -2.14. The first-order valence-corrected chi connectivity index (χ1v) is 5.80. The third-order valence-corrected chi connectivity index (χ3v) is 2.56. The fraction of sp³-hybridized carbons (Fsp3) is 0.231. The van der Waals surface area contributed by atoms with Crippen molar-refractivity contribution in [2.75, 3.05) is 13.6 Å². The van der Waals surface area contributed by atoms with Crippen molar-refractivity contribution in [1.82, 2.24) is 20.4 Å². The van der Waals surface area contributed by atoms with Gasteiger partial charge < -0.3 is 10.6 Å². The molecular formula is C13H16N4O. The lowest BCUT2D eigenvalue weighted by atomic mass is 10.2. The van der Waals surface area contributed by atoms with Crippen LogP contribution in [0.4, 0.5) is 0 Å². The van der Waals surface area contributed by atoms with Gasteiger partial charge in [0.05, 0.1) is 12.2 Å². The molecule has 5 heteroatoms. The molecule has 1 amide bonds. The lowest BCUT2D eigenvalue weighted by molar-refractivity contribution is -0.120. The molecular weight excluding hydrogens is 228 g/mol. The summed E-state index contributed by atoms with van der Waals surface area (Å²) in [5, 5.41) is 9.88. The summed E-state index contributed by atoms with van der Waals surface area (Å²) in [6.07, 6.45) is 3.62. The summed E-state index contributed by atoms with van der Waals surface area (Å²) in [5.74, 6) is -0.0206. The zero-order valence-electron chi connectivity index (χ0n) is 10.3. The van der Waals surface area contributed by atoms with Gasteiger partial charge in [0.15, 0.2) is 0 Å². The molecule has 0 fully saturated rings. The molecule has 0 saturated heterocycles. The molecule has 2 rings (SSSR count). The molecule has 0 bridgehead atoms. The lowest BCUT2D eigenvalue weighted by Crippen LogP contribution is -2.31. The van der Waals surface area contributed by atoms with Crippen molar-refractivity contribution in [3.63, 3.8) is 0 Å². The van der Waals surface area contributed by atoms with E-state index < -0.39 is 0 Å². The van der Waals surface area contributed by atoms with Gasteiger partial charge in [-0.15, -0.1) is 0 Å². The predicted octanol–water partition coefficient (Wildman–Crippen LogP) is 0.708. The molecule has 0 saturated carbocycles. The van der Waals surface area contributed by atoms with E-state index in [1.807, 2.05) is 36.5 Å². The molecule has 0 aliphatic carbocycles. The highest BCUT2D eigenvalue weighted by Crippen LogP contribution is 2.12. The Bertz CT molecular complexity index is 507. The van der Waals surface area contributed by atoms with Gasteiger partial charge in [-0.1, -0.05) is 18.2 Å². The molecule has 2 aromatic rings. The third kappa shape index (κ3) is 2.95. The van der Waals surface area contributed by atoms with E-state index in [-0.39, 0.29) is 5.91 Å². The molecule has 2 N–H and O–H groups in total. The largest absolute Gasteiger partial charge is 0.351 e. The van der Waals surface area contributed by atoms with Gasteiger partial charge in [0.25, 0.3) is 0 Å². The van der Waals surface area contributed by atoms with Crippen LogP contribution in [0.3, 0.4) is 0 Å². The first-order chi connectivity index (χ1) is 8.81. The minimum atomic E-state index is -0.0206. The number of para-hydroxylation sites is 1. The lowest BCUT2D eigenvalue weighted by Gasteiger charge is -2.10. The topological polar surface area (TPSA) is 59.0 Å². The van der Waals surface area contributed by atoms with E-state index in [4.69, 9.17) is 0 Å². The normalized spacial score (nSPS) is 10.3. The van der Waals surface area contributed by atoms with Crippen LogP contribution in [-0.2, 0) is 11.3 Å². The van der Waals surface area contributed by atoms with Gasteiger partial charge in [0.2, 0.25) is 5.91 Å². The molecule has 0 spiro atoms. The van der Waals surface area contributed by atoms with Crippen molar-refractivity contribution in [3.8, 4) is 5.69 Å². The number of nitrogens with zero attached hydrogens (tertiary/aromatic N) is 2. The van der Waals surface area contributed by atoms with Crippen molar-refractivity contribution in [1.29, 1.82) is 0 Å². The van der Waals surface area contributed by atoms with Gasteiger partial charge in [-0.2, -0.15) is 5.10 Å². The van der Waals surface area contributed by atoms with Crippen LogP contribution >= 0.6 is 0 Å². The Balaban J connectivity index is 2.11. The van der Waals surface area contributed by atoms with Crippen LogP contribution in [0.5, 0.6) is 0 Å². The number of hydrogen-bond acceptors (Lipinski definition) is 3. The second-order valence-corrected chi connectivity index (χ2v) is 3.89. The molecule has 0 atom stereocenters. The molecule has 0 unspecified atom stereocenters.